The van der Waals surface area contributed by atoms with E-state index in [0.717, 1.165) is 173 Å². The zero-order valence-corrected chi connectivity index (χ0v) is 68.5. The Morgan fingerprint density at radius 1 is 0.271 bits per heavy atom. The van der Waals surface area contributed by atoms with Crippen molar-refractivity contribution in [2.24, 2.45) is 0 Å². The van der Waals surface area contributed by atoms with Crippen LogP contribution in [0.2, 0.25) is 0 Å². The average molecular weight is 1540 g/mol. The summed E-state index contributed by atoms with van der Waals surface area (Å²) in [5.74, 6) is -1.63. The van der Waals surface area contributed by atoms with Crippen molar-refractivity contribution in [2.45, 2.75) is 334 Å². The van der Waals surface area contributed by atoms with E-state index >= 15 is 0 Å². The lowest BCUT2D eigenvalue weighted by molar-refractivity contribution is -0.161. The molecule has 107 heavy (non-hydrogen) atoms. The van der Waals surface area contributed by atoms with Crippen LogP contribution in [0.1, 0.15) is 316 Å². The van der Waals surface area contributed by atoms with Crippen molar-refractivity contribution < 1.29 is 75.8 Å². The summed E-state index contributed by atoms with van der Waals surface area (Å²) in [5, 5.41) is 20.7. The fraction of sp³-hybridized carbons (Fsp3) is 0.652. The van der Waals surface area contributed by atoms with Crippen molar-refractivity contribution in [1.29, 1.82) is 0 Å². The van der Waals surface area contributed by atoms with Gasteiger partial charge in [0.1, 0.15) is 25.4 Å². The molecule has 5 atom stereocenters. The van der Waals surface area contributed by atoms with E-state index < -0.39 is 91.5 Å². The number of hydrogen-bond donors (Lipinski definition) is 4. The minimum absolute atomic E-state index is 0.0775. The molecule has 0 spiro atoms. The van der Waals surface area contributed by atoms with Gasteiger partial charge in [0.05, 0.1) is 26.4 Å². The Morgan fingerprint density at radius 2 is 0.495 bits per heavy atom. The van der Waals surface area contributed by atoms with Crippen LogP contribution in [-0.2, 0) is 55.8 Å². The molecule has 0 radical (unpaired) electrons. The summed E-state index contributed by atoms with van der Waals surface area (Å²) in [5.41, 5.74) is 0. The molecule has 16 nitrogen and oxygen atoms in total. The first-order valence-corrected chi connectivity index (χ1v) is 44.4. The molecule has 0 aliphatic rings. The van der Waals surface area contributed by atoms with Crippen LogP contribution < -0.4 is 0 Å². The van der Waals surface area contributed by atoms with Crippen LogP contribution in [0.5, 0.6) is 0 Å². The molecule has 610 valence electrons. The number of aliphatic hydroxyl groups is 2. The molecule has 0 aromatic rings. The fourth-order valence-corrected chi connectivity index (χ4v) is 12.3. The van der Waals surface area contributed by atoms with Crippen molar-refractivity contribution in [2.75, 3.05) is 39.6 Å². The quantitative estimate of drug-likeness (QED) is 0.0146. The Labute approximate surface area is 650 Å². The predicted octanol–water partition coefficient (Wildman–Crippen LogP) is 24.8. The Morgan fingerprint density at radius 3 is 0.794 bits per heavy atom. The average Bonchev–Trinajstić information content (AvgIpc) is 0.907. The van der Waals surface area contributed by atoms with Gasteiger partial charge in [-0.15, -0.1) is 0 Å². The lowest BCUT2D eigenvalue weighted by Gasteiger charge is -2.21. The molecule has 18 heteroatoms. The molecule has 0 amide bonds. The molecule has 0 fully saturated rings. The van der Waals surface area contributed by atoms with Crippen LogP contribution in [0.3, 0.4) is 0 Å². The van der Waals surface area contributed by atoms with Crippen LogP contribution in [0.4, 0.5) is 0 Å². The lowest BCUT2D eigenvalue weighted by atomic mass is 10.0. The van der Waals surface area contributed by atoms with Gasteiger partial charge in [-0.1, -0.05) is 313 Å². The third kappa shape index (κ3) is 81.7. The largest absolute Gasteiger partial charge is 0.472 e. The van der Waals surface area contributed by atoms with Crippen LogP contribution in [0, 0.1) is 0 Å². The molecule has 4 N–H and O–H groups in total. The molecule has 0 heterocycles. The lowest BCUT2D eigenvalue weighted by Crippen LogP contribution is -2.30. The number of phosphoric ester groups is 2. The second-order valence-corrected chi connectivity index (χ2v) is 30.1. The maximum absolute atomic E-state index is 13.0. The molecule has 0 aromatic carbocycles. The molecule has 0 rings (SSSR count). The van der Waals surface area contributed by atoms with Crippen molar-refractivity contribution in [3.63, 3.8) is 0 Å². The zero-order valence-electron chi connectivity index (χ0n) is 66.7. The number of rotatable bonds is 77. The first-order valence-electron chi connectivity index (χ1n) is 41.4. The van der Waals surface area contributed by atoms with Gasteiger partial charge >= 0.3 is 33.6 Å². The minimum atomic E-state index is -4.95. The van der Waals surface area contributed by atoms with E-state index in [0.29, 0.717) is 19.3 Å². The van der Waals surface area contributed by atoms with E-state index in [1.807, 2.05) is 0 Å². The van der Waals surface area contributed by atoms with Crippen LogP contribution in [0.25, 0.3) is 0 Å². The highest BCUT2D eigenvalue weighted by atomic mass is 31.2. The Bertz CT molecular complexity index is 2620. The summed E-state index contributed by atoms with van der Waals surface area (Å²) in [6.07, 6.45) is 103. The van der Waals surface area contributed by atoms with Gasteiger partial charge in [-0.05, 0) is 154 Å². The molecular weight excluding hydrogens is 1390 g/mol. The number of esters is 3. The van der Waals surface area contributed by atoms with Gasteiger partial charge < -0.3 is 34.2 Å². The van der Waals surface area contributed by atoms with Crippen molar-refractivity contribution >= 4 is 33.6 Å². The van der Waals surface area contributed by atoms with E-state index in [1.165, 1.54) is 83.5 Å². The first-order chi connectivity index (χ1) is 52.2. The molecule has 0 aromatic heterocycles. The highest BCUT2D eigenvalue weighted by Gasteiger charge is 2.29. The number of hydrogen-bond acceptors (Lipinski definition) is 14. The summed E-state index contributed by atoms with van der Waals surface area (Å²) >= 11 is 0. The third-order valence-corrected chi connectivity index (χ3v) is 18.8. The van der Waals surface area contributed by atoms with E-state index in [9.17, 15) is 43.5 Å². The maximum atomic E-state index is 13.0. The first kappa shape index (κ1) is 102. The Balaban J connectivity index is 4.55. The number of ether oxygens (including phenoxy) is 3. The molecule has 0 saturated carbocycles. The number of phosphoric acid groups is 2. The van der Waals surface area contributed by atoms with Crippen LogP contribution in [-0.4, -0.2) is 95.9 Å². The van der Waals surface area contributed by atoms with Gasteiger partial charge in [-0.25, -0.2) is 9.13 Å². The monoisotopic (exact) mass is 1540 g/mol. The summed E-state index contributed by atoms with van der Waals surface area (Å²) in [4.78, 5) is 58.7. The van der Waals surface area contributed by atoms with Crippen LogP contribution in [0.15, 0.2) is 170 Å². The SMILES string of the molecule is CC/C=C\C/C=C\C/C=C\C/C=C\C/C=C\C/C=C\CCCCCCCCCCCCCCCCC(=O)OCC(O)COP(=O)(O)OCC(O)COP(=O)(O)OCC(COC(=O)CCCCC/C=C\C/C=C\C/C=C\C/C=C\C/C=C\CC)OC(=O)CCCCCCCC/C=C\C/C=C\C/C=C\CCCCC. The molecule has 5 unspecified atom stereocenters. The van der Waals surface area contributed by atoms with Gasteiger partial charge in [-0.3, -0.25) is 32.5 Å². The summed E-state index contributed by atoms with van der Waals surface area (Å²) < 4.78 is 61.2. The normalized spacial score (nSPS) is 14.8. The summed E-state index contributed by atoms with van der Waals surface area (Å²) in [6, 6.07) is 0. The van der Waals surface area contributed by atoms with E-state index in [-0.39, 0.29) is 19.3 Å². The standard InChI is InChI=1S/C89H148O16P2/c1-4-7-10-13-16-19-22-25-28-31-34-35-36-37-38-39-40-41-42-43-44-45-46-47-50-52-54-57-60-63-66-69-72-75-87(92)99-78-84(90)79-101-106(95,96)102-80-85(91)81-103-107(97,98)104-83-86(105-89(94)77-74-71-68-65-62-59-56-53-49-33-30-27-24-21-18-15-12-9-6-3)82-100-88(93)76-73-70-67-64-61-58-55-51-48-32-29-26-23-20-17-14-11-8-5-2/h7-8,10-11,16-21,25-30,34-35,37-38,40-41,48-49,51,53,58,61,84-86,90-91H,4-6,9,12-15,22-24,31-33,36,39,42-47,50,52,54-57,59-60,62-83H2,1-3H3,(H,95,96)(H,97,98)/b10-7-,11-8-,19-16-,20-17-,21-18-,28-25-,29-26-,30-27-,35-34-,38-37-,41-40-,51-48-,53-49-,61-58-. The van der Waals surface area contributed by atoms with E-state index in [4.69, 9.17) is 32.3 Å². The molecular formula is C89H148O16P2. The van der Waals surface area contributed by atoms with E-state index in [1.54, 1.807) is 0 Å². The highest BCUT2D eigenvalue weighted by Crippen LogP contribution is 2.45. The summed E-state index contributed by atoms with van der Waals surface area (Å²) in [6.45, 7) is 2.37. The van der Waals surface area contributed by atoms with E-state index in [2.05, 4.69) is 191 Å². The van der Waals surface area contributed by atoms with Crippen molar-refractivity contribution in [3.8, 4) is 0 Å². The Kier molecular flexibility index (Phi) is 76.6. The fourth-order valence-electron chi connectivity index (χ4n) is 10.7. The number of carbonyl (C=O) groups is 3. The predicted molar refractivity (Wildman–Crippen MR) is 445 cm³/mol. The number of carbonyl (C=O) groups excluding carboxylic acids is 3. The number of aliphatic hydroxyl groups excluding tert-OH is 2. The van der Waals surface area contributed by atoms with Crippen LogP contribution >= 0.6 is 15.6 Å². The number of unbranched alkanes of at least 4 members (excludes halogenated alkanes) is 26. The molecule has 0 aliphatic carbocycles. The second kappa shape index (κ2) is 80.4. The molecule has 0 aliphatic heterocycles. The van der Waals surface area contributed by atoms with Gasteiger partial charge in [0, 0.05) is 19.3 Å². The van der Waals surface area contributed by atoms with Gasteiger partial charge in [-0.2, -0.15) is 0 Å². The highest BCUT2D eigenvalue weighted by molar-refractivity contribution is 7.47. The second-order valence-electron chi connectivity index (χ2n) is 27.2. The Hall–Kier alpha value is -5.09. The summed E-state index contributed by atoms with van der Waals surface area (Å²) in [7, 11) is -9.82. The number of allylic oxidation sites excluding steroid dienone is 28. The molecule has 0 saturated heterocycles. The zero-order chi connectivity index (χ0) is 78.0. The molecule has 0 bridgehead atoms. The third-order valence-electron chi connectivity index (χ3n) is 16.9. The van der Waals surface area contributed by atoms with Gasteiger partial charge in [0.2, 0.25) is 0 Å². The minimum Gasteiger partial charge on any atom is -0.463 e. The van der Waals surface area contributed by atoms with Gasteiger partial charge in [0.15, 0.2) is 6.10 Å². The smallest absolute Gasteiger partial charge is 0.463 e. The maximum Gasteiger partial charge on any atom is 0.472 e. The topological polar surface area (TPSA) is 231 Å². The van der Waals surface area contributed by atoms with Gasteiger partial charge in [0.25, 0.3) is 0 Å². The van der Waals surface area contributed by atoms with Crippen molar-refractivity contribution in [3.05, 3.63) is 170 Å². The van der Waals surface area contributed by atoms with Crippen molar-refractivity contribution in [1.82, 2.24) is 0 Å².